The molecule has 0 bridgehead atoms. The highest BCUT2D eigenvalue weighted by Gasteiger charge is 2.17. The number of sulfonamides is 1. The molecule has 7 nitrogen and oxygen atoms in total. The predicted molar refractivity (Wildman–Crippen MR) is 81.5 cm³/mol. The second-order valence-corrected chi connectivity index (χ2v) is 6.77. The monoisotopic (exact) mass is 363 g/mol. The molecule has 0 aliphatic heterocycles. The summed E-state index contributed by atoms with van der Waals surface area (Å²) in [6.07, 6.45) is 2.63. The van der Waals surface area contributed by atoms with Gasteiger partial charge in [0.2, 0.25) is 0 Å². The molecular weight excluding hydrogens is 353 g/mol. The maximum absolute atomic E-state index is 12.2. The van der Waals surface area contributed by atoms with Gasteiger partial charge in [0, 0.05) is 16.2 Å². The Bertz CT molecular complexity index is 784. The fourth-order valence-corrected chi connectivity index (χ4v) is 3.35. The highest BCUT2D eigenvalue weighted by Crippen LogP contribution is 2.24. The third-order valence-corrected chi connectivity index (χ3v) is 4.35. The van der Waals surface area contributed by atoms with E-state index in [-0.39, 0.29) is 27.2 Å². The molecule has 1 N–H and O–H groups in total. The minimum absolute atomic E-state index is 0.0780. The average Bonchev–Trinajstić information content (AvgIpc) is 2.83. The summed E-state index contributed by atoms with van der Waals surface area (Å²) in [7, 11) is -2.62. The van der Waals surface area contributed by atoms with Crippen LogP contribution in [0.2, 0.25) is 10.0 Å². The Morgan fingerprint density at radius 2 is 1.95 bits per heavy atom. The summed E-state index contributed by atoms with van der Waals surface area (Å²) in [6.45, 7) is -0.124. The molecule has 0 aliphatic carbocycles. The highest BCUT2D eigenvalue weighted by molar-refractivity contribution is 7.92. The van der Waals surface area contributed by atoms with Crippen molar-refractivity contribution in [2.24, 2.45) is 0 Å². The summed E-state index contributed by atoms with van der Waals surface area (Å²) in [4.78, 5) is 11.0. The number of halogens is 2. The van der Waals surface area contributed by atoms with Crippen molar-refractivity contribution in [2.45, 2.75) is 11.4 Å². The number of methoxy groups -OCH3 is 1. The summed E-state index contributed by atoms with van der Waals surface area (Å²) in [5.41, 5.74) is 0.194. The first kappa shape index (κ1) is 16.6. The molecular formula is C12H11Cl2N3O4S. The van der Waals surface area contributed by atoms with E-state index in [0.29, 0.717) is 0 Å². The zero-order chi connectivity index (χ0) is 16.3. The van der Waals surface area contributed by atoms with Crippen molar-refractivity contribution in [3.05, 3.63) is 40.6 Å². The topological polar surface area (TPSA) is 90.3 Å². The molecule has 10 heteroatoms. The first-order valence-electron chi connectivity index (χ1n) is 5.88. The molecule has 1 aromatic carbocycles. The van der Waals surface area contributed by atoms with E-state index < -0.39 is 16.0 Å². The van der Waals surface area contributed by atoms with Crippen LogP contribution < -0.4 is 4.72 Å². The van der Waals surface area contributed by atoms with E-state index >= 15 is 0 Å². The Balaban J connectivity index is 2.20. The number of carbonyl (C=O) groups excluding carboxylic acids is 1. The number of esters is 1. The SMILES string of the molecule is COC(=O)Cn1cc(NS(=O)(=O)c2cc(Cl)cc(Cl)c2)cn1. The summed E-state index contributed by atoms with van der Waals surface area (Å²) in [6, 6.07) is 3.97. The van der Waals surface area contributed by atoms with E-state index in [1.807, 2.05) is 0 Å². The number of hydrogen-bond donors (Lipinski definition) is 1. The number of rotatable bonds is 5. The molecule has 0 atom stereocenters. The van der Waals surface area contributed by atoms with Crippen LogP contribution in [0.4, 0.5) is 5.69 Å². The molecule has 22 heavy (non-hydrogen) atoms. The Labute approximate surface area is 136 Å². The molecule has 0 aliphatic rings. The van der Waals surface area contributed by atoms with Gasteiger partial charge in [-0.25, -0.2) is 8.42 Å². The molecule has 2 rings (SSSR count). The minimum Gasteiger partial charge on any atom is -0.468 e. The number of anilines is 1. The van der Waals surface area contributed by atoms with Crippen LogP contribution >= 0.6 is 23.2 Å². The largest absolute Gasteiger partial charge is 0.468 e. The van der Waals surface area contributed by atoms with Crippen molar-refractivity contribution in [1.29, 1.82) is 0 Å². The van der Waals surface area contributed by atoms with Gasteiger partial charge in [0.25, 0.3) is 10.0 Å². The van der Waals surface area contributed by atoms with Gasteiger partial charge in [-0.2, -0.15) is 5.10 Å². The average molecular weight is 364 g/mol. The standard InChI is InChI=1S/C12H11Cl2N3O4S/c1-21-12(18)7-17-6-10(5-15-17)16-22(19,20)11-3-8(13)2-9(14)4-11/h2-6,16H,7H2,1H3. The van der Waals surface area contributed by atoms with Crippen molar-refractivity contribution >= 4 is 44.9 Å². The zero-order valence-electron chi connectivity index (χ0n) is 11.3. The molecule has 0 spiro atoms. The number of benzene rings is 1. The fraction of sp³-hybridized carbons (Fsp3) is 0.167. The number of nitrogens with one attached hydrogen (secondary N) is 1. The van der Waals surface area contributed by atoms with Gasteiger partial charge in [0.15, 0.2) is 0 Å². The molecule has 0 radical (unpaired) electrons. The maximum atomic E-state index is 12.2. The van der Waals surface area contributed by atoms with E-state index in [1.54, 1.807) is 0 Å². The molecule has 0 unspecified atom stereocenters. The van der Waals surface area contributed by atoms with Crippen molar-refractivity contribution in [3.8, 4) is 0 Å². The normalized spacial score (nSPS) is 11.2. The van der Waals surface area contributed by atoms with Gasteiger partial charge >= 0.3 is 5.97 Å². The second-order valence-electron chi connectivity index (χ2n) is 4.21. The van der Waals surface area contributed by atoms with Crippen LogP contribution in [0.1, 0.15) is 0 Å². The third kappa shape index (κ3) is 4.12. The van der Waals surface area contributed by atoms with Crippen LogP contribution in [0.15, 0.2) is 35.5 Å². The summed E-state index contributed by atoms with van der Waals surface area (Å²) >= 11 is 11.6. The number of nitrogens with zero attached hydrogens (tertiary/aromatic N) is 2. The van der Waals surface area contributed by atoms with Crippen LogP contribution in [-0.2, 0) is 26.1 Å². The van der Waals surface area contributed by atoms with E-state index in [2.05, 4.69) is 14.6 Å². The third-order valence-electron chi connectivity index (χ3n) is 2.55. The number of carbonyl (C=O) groups is 1. The fourth-order valence-electron chi connectivity index (χ4n) is 1.60. The number of ether oxygens (including phenoxy) is 1. The predicted octanol–water partition coefficient (Wildman–Crippen LogP) is 2.16. The van der Waals surface area contributed by atoms with Crippen molar-refractivity contribution in [2.75, 3.05) is 11.8 Å². The molecule has 0 saturated heterocycles. The quantitative estimate of drug-likeness (QED) is 0.822. The van der Waals surface area contributed by atoms with Gasteiger partial charge in [-0.15, -0.1) is 0 Å². The van der Waals surface area contributed by atoms with Gasteiger partial charge in [0.05, 0.1) is 23.9 Å². The lowest BCUT2D eigenvalue weighted by Gasteiger charge is -2.06. The second kappa shape index (κ2) is 6.55. The first-order valence-corrected chi connectivity index (χ1v) is 8.12. The van der Waals surface area contributed by atoms with Crippen LogP contribution in [0, 0.1) is 0 Å². The molecule has 0 fully saturated rings. The zero-order valence-corrected chi connectivity index (χ0v) is 13.6. The van der Waals surface area contributed by atoms with Gasteiger partial charge < -0.3 is 4.74 Å². The Morgan fingerprint density at radius 3 is 2.55 bits per heavy atom. The first-order chi connectivity index (χ1) is 10.3. The van der Waals surface area contributed by atoms with Crippen LogP contribution in [0.3, 0.4) is 0 Å². The lowest BCUT2D eigenvalue weighted by Crippen LogP contribution is -2.13. The van der Waals surface area contributed by atoms with Gasteiger partial charge in [-0.1, -0.05) is 23.2 Å². The van der Waals surface area contributed by atoms with E-state index in [1.165, 1.54) is 42.4 Å². The maximum Gasteiger partial charge on any atom is 0.327 e. The van der Waals surface area contributed by atoms with Crippen LogP contribution in [0.5, 0.6) is 0 Å². The number of hydrogen-bond acceptors (Lipinski definition) is 5. The van der Waals surface area contributed by atoms with E-state index in [0.717, 1.165) is 0 Å². The molecule has 1 aromatic heterocycles. The molecule has 1 heterocycles. The smallest absolute Gasteiger partial charge is 0.327 e. The molecule has 0 amide bonds. The summed E-state index contributed by atoms with van der Waals surface area (Å²) in [5.74, 6) is -0.501. The molecule has 2 aromatic rings. The summed E-state index contributed by atoms with van der Waals surface area (Å²) in [5, 5.41) is 4.26. The van der Waals surface area contributed by atoms with Crippen molar-refractivity contribution < 1.29 is 17.9 Å². The highest BCUT2D eigenvalue weighted by atomic mass is 35.5. The lowest BCUT2D eigenvalue weighted by atomic mass is 10.4. The van der Waals surface area contributed by atoms with Crippen LogP contribution in [-0.4, -0.2) is 31.3 Å². The van der Waals surface area contributed by atoms with Gasteiger partial charge in [-0.3, -0.25) is 14.2 Å². The molecule has 118 valence electrons. The minimum atomic E-state index is -3.87. The van der Waals surface area contributed by atoms with E-state index in [4.69, 9.17) is 23.2 Å². The number of aromatic nitrogens is 2. The van der Waals surface area contributed by atoms with Crippen molar-refractivity contribution in [1.82, 2.24) is 9.78 Å². The van der Waals surface area contributed by atoms with Gasteiger partial charge in [0.1, 0.15) is 6.54 Å². The lowest BCUT2D eigenvalue weighted by molar-refractivity contribution is -0.141. The Hall–Kier alpha value is -1.77. The Morgan fingerprint density at radius 1 is 1.32 bits per heavy atom. The summed E-state index contributed by atoms with van der Waals surface area (Å²) < 4.78 is 32.5. The van der Waals surface area contributed by atoms with Crippen LogP contribution in [0.25, 0.3) is 0 Å². The Kier molecular flexibility index (Phi) is 4.94. The van der Waals surface area contributed by atoms with Gasteiger partial charge in [-0.05, 0) is 18.2 Å². The van der Waals surface area contributed by atoms with Crippen molar-refractivity contribution in [3.63, 3.8) is 0 Å². The molecule has 0 saturated carbocycles. The van der Waals surface area contributed by atoms with E-state index in [9.17, 15) is 13.2 Å².